The highest BCUT2D eigenvalue weighted by Gasteiger charge is 2.21. The number of ether oxygens (including phenoxy) is 2. The molecule has 150 valence electrons. The lowest BCUT2D eigenvalue weighted by Gasteiger charge is -2.17. The van der Waals surface area contributed by atoms with E-state index < -0.39 is 30.4 Å². The number of esters is 1. The number of Topliss-reactive ketones (excluding diaryl/α,β-unsaturated/α-hetero) is 1. The van der Waals surface area contributed by atoms with Gasteiger partial charge in [0.25, 0.3) is 0 Å². The average Bonchev–Trinajstić information content (AvgIpc) is 3.11. The summed E-state index contributed by atoms with van der Waals surface area (Å²) >= 11 is 1.22. The van der Waals surface area contributed by atoms with E-state index in [1.807, 2.05) is 20.8 Å². The number of para-hydroxylation sites is 1. The number of carbonyl (C=O) groups is 3. The van der Waals surface area contributed by atoms with Crippen LogP contribution in [0.4, 0.5) is 4.39 Å². The molecule has 1 amide bonds. The van der Waals surface area contributed by atoms with Crippen LogP contribution in [0.15, 0.2) is 36.4 Å². The monoisotopic (exact) mass is 407 g/mol. The Morgan fingerprint density at radius 3 is 2.46 bits per heavy atom. The molecule has 0 bridgehead atoms. The van der Waals surface area contributed by atoms with Crippen molar-refractivity contribution in [2.75, 3.05) is 13.2 Å². The van der Waals surface area contributed by atoms with Gasteiger partial charge < -0.3 is 14.8 Å². The summed E-state index contributed by atoms with van der Waals surface area (Å²) in [6.07, 6.45) is 0. The van der Waals surface area contributed by atoms with Gasteiger partial charge in [0.2, 0.25) is 11.7 Å². The van der Waals surface area contributed by atoms with Crippen LogP contribution in [0.3, 0.4) is 0 Å². The summed E-state index contributed by atoms with van der Waals surface area (Å²) in [7, 11) is 0. The van der Waals surface area contributed by atoms with Crippen LogP contribution < -0.4 is 10.1 Å². The zero-order valence-corrected chi connectivity index (χ0v) is 16.7. The molecule has 0 saturated heterocycles. The smallest absolute Gasteiger partial charge is 0.344 e. The molecular weight excluding hydrogens is 385 g/mol. The zero-order valence-electron chi connectivity index (χ0n) is 15.9. The molecule has 8 heteroatoms. The average molecular weight is 407 g/mol. The summed E-state index contributed by atoms with van der Waals surface area (Å²) in [5, 5.41) is 2.81. The third-order valence-corrected chi connectivity index (χ3v) is 4.71. The third-order valence-electron chi connectivity index (χ3n) is 3.59. The molecule has 0 fully saturated rings. The lowest BCUT2D eigenvalue weighted by Crippen LogP contribution is -2.34. The predicted octanol–water partition coefficient (Wildman–Crippen LogP) is 3.35. The number of amides is 1. The molecule has 0 aliphatic carbocycles. The van der Waals surface area contributed by atoms with Gasteiger partial charge in [-0.15, -0.1) is 11.3 Å². The Bertz CT molecular complexity index is 856. The summed E-state index contributed by atoms with van der Waals surface area (Å²) in [6, 6.07) is 9.04. The molecular formula is C20H22FNO5S. The van der Waals surface area contributed by atoms with Gasteiger partial charge in [0, 0.05) is 10.3 Å². The largest absolute Gasteiger partial charge is 0.479 e. The van der Waals surface area contributed by atoms with Gasteiger partial charge in [-0.3, -0.25) is 9.59 Å². The number of ketones is 1. The van der Waals surface area contributed by atoms with Crippen LogP contribution in [0.2, 0.25) is 0 Å². The molecule has 0 radical (unpaired) electrons. The summed E-state index contributed by atoms with van der Waals surface area (Å²) in [5.41, 5.74) is -0.491. The van der Waals surface area contributed by atoms with Crippen molar-refractivity contribution in [3.63, 3.8) is 0 Å². The zero-order chi connectivity index (χ0) is 20.7. The van der Waals surface area contributed by atoms with Gasteiger partial charge >= 0.3 is 5.97 Å². The minimum atomic E-state index is -0.772. The Morgan fingerprint density at radius 1 is 1.07 bits per heavy atom. The van der Waals surface area contributed by atoms with Gasteiger partial charge in [-0.1, -0.05) is 32.9 Å². The summed E-state index contributed by atoms with van der Waals surface area (Å²) < 4.78 is 23.3. The van der Waals surface area contributed by atoms with Crippen LogP contribution >= 0.6 is 11.3 Å². The van der Waals surface area contributed by atoms with Crippen molar-refractivity contribution >= 4 is 29.0 Å². The highest BCUT2D eigenvalue weighted by Crippen LogP contribution is 2.19. The molecule has 1 heterocycles. The van der Waals surface area contributed by atoms with Crippen molar-refractivity contribution in [1.29, 1.82) is 0 Å². The Morgan fingerprint density at radius 2 is 1.79 bits per heavy atom. The maximum absolute atomic E-state index is 13.4. The lowest BCUT2D eigenvalue weighted by molar-refractivity contribution is -0.144. The number of halogens is 1. The van der Waals surface area contributed by atoms with Crippen molar-refractivity contribution in [2.24, 2.45) is 5.41 Å². The molecule has 2 rings (SSSR count). The molecule has 0 saturated carbocycles. The first-order valence-corrected chi connectivity index (χ1v) is 9.41. The topological polar surface area (TPSA) is 81.7 Å². The van der Waals surface area contributed by atoms with Crippen LogP contribution in [0.1, 0.15) is 35.3 Å². The summed E-state index contributed by atoms with van der Waals surface area (Å²) in [6.45, 7) is 4.84. The predicted molar refractivity (Wildman–Crippen MR) is 103 cm³/mol. The molecule has 0 spiro atoms. The maximum atomic E-state index is 13.4. The van der Waals surface area contributed by atoms with E-state index in [-0.39, 0.29) is 17.4 Å². The fourth-order valence-corrected chi connectivity index (χ4v) is 2.88. The van der Waals surface area contributed by atoms with E-state index in [0.717, 1.165) is 4.88 Å². The number of hydrogen-bond acceptors (Lipinski definition) is 6. The minimum Gasteiger partial charge on any atom is -0.479 e. The number of thiophene rings is 1. The molecule has 0 aliphatic heterocycles. The molecule has 0 aliphatic rings. The van der Waals surface area contributed by atoms with E-state index in [1.165, 1.54) is 29.5 Å². The van der Waals surface area contributed by atoms with E-state index in [0.29, 0.717) is 11.4 Å². The Kier molecular flexibility index (Phi) is 7.28. The van der Waals surface area contributed by atoms with Crippen molar-refractivity contribution < 1.29 is 28.2 Å². The van der Waals surface area contributed by atoms with Crippen LogP contribution in [-0.4, -0.2) is 30.9 Å². The highest BCUT2D eigenvalue weighted by atomic mass is 32.1. The number of rotatable bonds is 8. The van der Waals surface area contributed by atoms with E-state index in [2.05, 4.69) is 5.32 Å². The standard InChI is InChI=1S/C20H22FNO5S/c1-20(2,3)19(25)22-10-13-8-9-17(28-13)15(23)11-27-18(24)12-26-16-7-5-4-6-14(16)21/h4-9H,10-12H2,1-3H3,(H,22,25). The number of carbonyl (C=O) groups excluding carboxylic acids is 3. The van der Waals surface area contributed by atoms with Crippen LogP contribution in [0.25, 0.3) is 0 Å². The second kappa shape index (κ2) is 9.45. The number of benzene rings is 1. The number of hydrogen-bond donors (Lipinski definition) is 1. The fourth-order valence-electron chi connectivity index (χ4n) is 2.01. The van der Waals surface area contributed by atoms with E-state index >= 15 is 0 Å². The SMILES string of the molecule is CC(C)(C)C(=O)NCc1ccc(C(=O)COC(=O)COc2ccccc2F)s1. The Balaban J connectivity index is 1.77. The molecule has 1 aromatic heterocycles. The maximum Gasteiger partial charge on any atom is 0.344 e. The normalized spacial score (nSPS) is 11.0. The number of nitrogens with one attached hydrogen (secondary N) is 1. The third kappa shape index (κ3) is 6.45. The van der Waals surface area contributed by atoms with Crippen LogP contribution in [-0.2, 0) is 20.9 Å². The van der Waals surface area contributed by atoms with Crippen molar-refractivity contribution in [3.8, 4) is 5.75 Å². The van der Waals surface area contributed by atoms with Crippen LogP contribution in [0, 0.1) is 11.2 Å². The minimum absolute atomic E-state index is 0.0639. The molecule has 0 unspecified atom stereocenters. The van der Waals surface area contributed by atoms with E-state index in [9.17, 15) is 18.8 Å². The van der Waals surface area contributed by atoms with Gasteiger partial charge in [-0.05, 0) is 24.3 Å². The van der Waals surface area contributed by atoms with Gasteiger partial charge in [0.1, 0.15) is 0 Å². The molecule has 0 atom stereocenters. The molecule has 1 N–H and O–H groups in total. The highest BCUT2D eigenvalue weighted by molar-refractivity contribution is 7.14. The van der Waals surface area contributed by atoms with Gasteiger partial charge in [-0.25, -0.2) is 9.18 Å². The van der Waals surface area contributed by atoms with Crippen molar-refractivity contribution in [2.45, 2.75) is 27.3 Å². The molecule has 28 heavy (non-hydrogen) atoms. The van der Waals surface area contributed by atoms with E-state index in [4.69, 9.17) is 9.47 Å². The molecule has 2 aromatic rings. The Labute approximate surface area is 166 Å². The van der Waals surface area contributed by atoms with Crippen molar-refractivity contribution in [3.05, 3.63) is 52.0 Å². The second-order valence-corrected chi connectivity index (χ2v) is 8.17. The fraction of sp³-hybridized carbons (Fsp3) is 0.350. The quantitative estimate of drug-likeness (QED) is 0.536. The molecule has 6 nitrogen and oxygen atoms in total. The van der Waals surface area contributed by atoms with Gasteiger partial charge in [0.15, 0.2) is 24.8 Å². The first kappa shape index (κ1) is 21.6. The van der Waals surface area contributed by atoms with Gasteiger partial charge in [0.05, 0.1) is 11.4 Å². The first-order valence-electron chi connectivity index (χ1n) is 8.60. The van der Waals surface area contributed by atoms with E-state index in [1.54, 1.807) is 18.2 Å². The molecule has 1 aromatic carbocycles. The summed E-state index contributed by atoms with van der Waals surface area (Å²) in [4.78, 5) is 36.9. The lowest BCUT2D eigenvalue weighted by atomic mass is 9.96. The van der Waals surface area contributed by atoms with Crippen molar-refractivity contribution in [1.82, 2.24) is 5.32 Å². The van der Waals surface area contributed by atoms with Crippen LogP contribution in [0.5, 0.6) is 5.75 Å². The Hall–Kier alpha value is -2.74. The first-order chi connectivity index (χ1) is 13.2. The summed E-state index contributed by atoms with van der Waals surface area (Å²) in [5.74, 6) is -1.87. The van der Waals surface area contributed by atoms with Gasteiger partial charge in [-0.2, -0.15) is 0 Å². The second-order valence-electron chi connectivity index (χ2n) is 7.00.